The van der Waals surface area contributed by atoms with Crippen molar-refractivity contribution in [3.05, 3.63) is 35.9 Å². The second-order valence-corrected chi connectivity index (χ2v) is 5.44. The number of aromatic nitrogens is 1. The van der Waals surface area contributed by atoms with Crippen molar-refractivity contribution in [3.8, 4) is 0 Å². The number of nitrogen functional groups attached to an aromatic ring is 1. The Bertz CT molecular complexity index is 527. The summed E-state index contributed by atoms with van der Waals surface area (Å²) in [5.41, 5.74) is 8.09. The lowest BCUT2D eigenvalue weighted by Crippen LogP contribution is -2.21. The molecule has 0 radical (unpaired) electrons. The van der Waals surface area contributed by atoms with E-state index < -0.39 is 0 Å². The van der Waals surface area contributed by atoms with Crippen molar-refractivity contribution >= 4 is 28.5 Å². The topological polar surface area (TPSA) is 42.2 Å². The van der Waals surface area contributed by atoms with Gasteiger partial charge in [-0.25, -0.2) is 4.98 Å². The van der Waals surface area contributed by atoms with Crippen molar-refractivity contribution in [2.45, 2.75) is 6.54 Å². The van der Waals surface area contributed by atoms with E-state index in [2.05, 4.69) is 35.3 Å². The van der Waals surface area contributed by atoms with Crippen LogP contribution in [0.15, 0.2) is 30.3 Å². The Kier molecular flexibility index (Phi) is 4.44. The number of para-hydroxylation sites is 1. The third kappa shape index (κ3) is 3.15. The number of rotatable bonds is 5. The lowest BCUT2D eigenvalue weighted by atomic mass is 10.1. The molecule has 0 aliphatic rings. The summed E-state index contributed by atoms with van der Waals surface area (Å²) in [5, 5.41) is 1.15. The Labute approximate surface area is 112 Å². The molecule has 3 nitrogen and oxygen atoms in total. The van der Waals surface area contributed by atoms with E-state index in [9.17, 15) is 0 Å². The van der Waals surface area contributed by atoms with Crippen LogP contribution in [0.2, 0.25) is 0 Å². The second kappa shape index (κ2) is 6.07. The number of fused-ring (bicyclic) bond motifs is 1. The highest BCUT2D eigenvalue weighted by atomic mass is 32.2. The van der Waals surface area contributed by atoms with Gasteiger partial charge in [0.25, 0.3) is 0 Å². The highest BCUT2D eigenvalue weighted by Crippen LogP contribution is 2.19. The second-order valence-electron chi connectivity index (χ2n) is 4.46. The highest BCUT2D eigenvalue weighted by Gasteiger charge is 2.06. The van der Waals surface area contributed by atoms with Crippen molar-refractivity contribution in [1.29, 1.82) is 0 Å². The largest absolute Gasteiger partial charge is 0.383 e. The lowest BCUT2D eigenvalue weighted by Gasteiger charge is -2.17. The van der Waals surface area contributed by atoms with Crippen LogP contribution in [0.3, 0.4) is 0 Å². The zero-order chi connectivity index (χ0) is 13.0. The summed E-state index contributed by atoms with van der Waals surface area (Å²) in [4.78, 5) is 6.73. The molecule has 0 saturated heterocycles. The Morgan fingerprint density at radius 1 is 1.33 bits per heavy atom. The molecule has 1 heterocycles. The summed E-state index contributed by atoms with van der Waals surface area (Å²) >= 11 is 1.86. The smallest absolute Gasteiger partial charge is 0.128 e. The van der Waals surface area contributed by atoms with Gasteiger partial charge in [0.1, 0.15) is 5.82 Å². The molecule has 18 heavy (non-hydrogen) atoms. The summed E-state index contributed by atoms with van der Waals surface area (Å²) in [6, 6.07) is 10.2. The molecule has 1 aromatic heterocycles. The van der Waals surface area contributed by atoms with E-state index >= 15 is 0 Å². The van der Waals surface area contributed by atoms with Crippen molar-refractivity contribution < 1.29 is 0 Å². The van der Waals surface area contributed by atoms with Gasteiger partial charge >= 0.3 is 0 Å². The zero-order valence-corrected chi connectivity index (χ0v) is 11.7. The maximum Gasteiger partial charge on any atom is 0.128 e. The van der Waals surface area contributed by atoms with Crippen LogP contribution in [-0.2, 0) is 6.54 Å². The number of nitrogens with zero attached hydrogens (tertiary/aromatic N) is 2. The summed E-state index contributed by atoms with van der Waals surface area (Å²) in [6.45, 7) is 1.91. The van der Waals surface area contributed by atoms with Crippen LogP contribution in [0.25, 0.3) is 10.9 Å². The van der Waals surface area contributed by atoms with E-state index in [0.717, 1.165) is 35.3 Å². The van der Waals surface area contributed by atoms with Crippen LogP contribution in [0.4, 0.5) is 5.82 Å². The molecule has 0 bridgehead atoms. The van der Waals surface area contributed by atoms with Gasteiger partial charge < -0.3 is 10.6 Å². The zero-order valence-electron chi connectivity index (χ0n) is 10.9. The molecule has 4 heteroatoms. The minimum absolute atomic E-state index is 0.643. The molecule has 0 fully saturated rings. The first kappa shape index (κ1) is 13.2. The first-order valence-corrected chi connectivity index (χ1v) is 7.41. The van der Waals surface area contributed by atoms with E-state index in [1.54, 1.807) is 0 Å². The molecular formula is C14H19N3S. The average molecular weight is 261 g/mol. The van der Waals surface area contributed by atoms with Gasteiger partial charge in [0.2, 0.25) is 0 Å². The third-order valence-electron chi connectivity index (χ3n) is 2.95. The van der Waals surface area contributed by atoms with Gasteiger partial charge in [-0.1, -0.05) is 18.2 Å². The molecule has 0 atom stereocenters. The summed E-state index contributed by atoms with van der Waals surface area (Å²) < 4.78 is 0. The highest BCUT2D eigenvalue weighted by molar-refractivity contribution is 7.98. The fraction of sp³-hybridized carbons (Fsp3) is 0.357. The number of anilines is 1. The fourth-order valence-corrected chi connectivity index (χ4v) is 2.41. The predicted octanol–water partition coefficient (Wildman–Crippen LogP) is 2.61. The minimum Gasteiger partial charge on any atom is -0.383 e. The normalized spacial score (nSPS) is 11.3. The molecule has 0 amide bonds. The molecule has 0 aliphatic heterocycles. The molecule has 2 aromatic rings. The predicted molar refractivity (Wildman–Crippen MR) is 80.9 cm³/mol. The van der Waals surface area contributed by atoms with Crippen LogP contribution in [0.1, 0.15) is 5.56 Å². The quantitative estimate of drug-likeness (QED) is 0.898. The molecule has 0 spiro atoms. The maximum absolute atomic E-state index is 6.02. The van der Waals surface area contributed by atoms with E-state index in [4.69, 9.17) is 5.73 Å². The summed E-state index contributed by atoms with van der Waals surface area (Å²) in [6.07, 6.45) is 2.12. The third-order valence-corrected chi connectivity index (χ3v) is 3.54. The van der Waals surface area contributed by atoms with Crippen molar-refractivity contribution in [2.75, 3.05) is 31.3 Å². The fourth-order valence-electron chi connectivity index (χ4n) is 1.92. The van der Waals surface area contributed by atoms with Gasteiger partial charge in [-0.2, -0.15) is 11.8 Å². The number of benzene rings is 1. The molecular weight excluding hydrogens is 242 g/mol. The molecule has 96 valence electrons. The number of pyridine rings is 1. The van der Waals surface area contributed by atoms with Crippen LogP contribution in [-0.4, -0.2) is 35.5 Å². The number of thioether (sulfide) groups is 1. The van der Waals surface area contributed by atoms with Gasteiger partial charge in [0.15, 0.2) is 0 Å². The van der Waals surface area contributed by atoms with Crippen LogP contribution in [0, 0.1) is 0 Å². The van der Waals surface area contributed by atoms with Crippen molar-refractivity contribution in [1.82, 2.24) is 9.88 Å². The van der Waals surface area contributed by atoms with Gasteiger partial charge in [-0.05, 0) is 25.4 Å². The van der Waals surface area contributed by atoms with Gasteiger partial charge in [0, 0.05) is 29.8 Å². The lowest BCUT2D eigenvalue weighted by molar-refractivity contribution is 0.349. The Morgan fingerprint density at radius 3 is 2.89 bits per heavy atom. The average Bonchev–Trinajstić information content (AvgIpc) is 2.37. The molecule has 1 aromatic carbocycles. The monoisotopic (exact) mass is 261 g/mol. The standard InChI is InChI=1S/C14H19N3S/c1-17(7-8-18-2)10-12-9-11-5-3-4-6-13(11)16-14(12)15/h3-6,9H,7-8,10H2,1-2H3,(H2,15,16). The summed E-state index contributed by atoms with van der Waals surface area (Å²) in [5.74, 6) is 1.78. The Hall–Kier alpha value is -1.26. The van der Waals surface area contributed by atoms with Gasteiger partial charge in [0.05, 0.1) is 5.52 Å². The molecule has 2 rings (SSSR count). The molecule has 0 aliphatic carbocycles. The first-order chi connectivity index (χ1) is 8.70. The van der Waals surface area contributed by atoms with E-state index in [1.807, 2.05) is 30.0 Å². The van der Waals surface area contributed by atoms with E-state index in [-0.39, 0.29) is 0 Å². The van der Waals surface area contributed by atoms with Crippen molar-refractivity contribution in [3.63, 3.8) is 0 Å². The van der Waals surface area contributed by atoms with Crippen molar-refractivity contribution in [2.24, 2.45) is 0 Å². The number of nitrogens with two attached hydrogens (primary N) is 1. The minimum atomic E-state index is 0.643. The number of hydrogen-bond acceptors (Lipinski definition) is 4. The molecule has 0 saturated carbocycles. The van der Waals surface area contributed by atoms with Crippen LogP contribution >= 0.6 is 11.8 Å². The maximum atomic E-state index is 6.02. The van der Waals surface area contributed by atoms with E-state index in [0.29, 0.717) is 5.82 Å². The molecule has 0 unspecified atom stereocenters. The van der Waals surface area contributed by atoms with Crippen LogP contribution in [0.5, 0.6) is 0 Å². The molecule has 2 N–H and O–H groups in total. The first-order valence-electron chi connectivity index (χ1n) is 6.02. The Balaban J connectivity index is 2.19. The Morgan fingerprint density at radius 2 is 2.11 bits per heavy atom. The summed E-state index contributed by atoms with van der Waals surface area (Å²) in [7, 11) is 2.12. The SMILES string of the molecule is CSCCN(C)Cc1cc2ccccc2nc1N. The van der Waals surface area contributed by atoms with Gasteiger partial charge in [-0.15, -0.1) is 0 Å². The van der Waals surface area contributed by atoms with E-state index in [1.165, 1.54) is 0 Å². The number of hydrogen-bond donors (Lipinski definition) is 1. The van der Waals surface area contributed by atoms with Gasteiger partial charge in [-0.3, -0.25) is 0 Å². The van der Waals surface area contributed by atoms with Crippen LogP contribution < -0.4 is 5.73 Å².